The first-order chi connectivity index (χ1) is 16.9. The first-order valence-corrected chi connectivity index (χ1v) is 11.6. The molecule has 1 saturated heterocycles. The smallest absolute Gasteiger partial charge is 0.256 e. The summed E-state index contributed by atoms with van der Waals surface area (Å²) in [4.78, 5) is 40.4. The SMILES string of the molecule is Cc1ccc(C(=O)N[C@@H](C(=O)NCc2ccco2)C2CCN(C(=O)c3ccccc3F)CC2)cc1. The Balaban J connectivity index is 1.44. The Labute approximate surface area is 203 Å². The van der Waals surface area contributed by atoms with Gasteiger partial charge in [-0.05, 0) is 62.1 Å². The number of nitrogens with one attached hydrogen (secondary N) is 2. The number of rotatable bonds is 7. The third-order valence-electron chi connectivity index (χ3n) is 6.30. The number of carbonyl (C=O) groups is 3. The highest BCUT2D eigenvalue weighted by molar-refractivity contribution is 5.98. The number of carbonyl (C=O) groups excluding carboxylic acids is 3. The normalized spacial score (nSPS) is 14.9. The molecule has 0 unspecified atom stereocenters. The van der Waals surface area contributed by atoms with E-state index in [0.29, 0.717) is 37.3 Å². The van der Waals surface area contributed by atoms with E-state index in [4.69, 9.17) is 4.42 Å². The van der Waals surface area contributed by atoms with E-state index in [1.165, 1.54) is 18.4 Å². The Morgan fingerprint density at radius 2 is 1.74 bits per heavy atom. The number of halogens is 1. The quantitative estimate of drug-likeness (QED) is 0.543. The van der Waals surface area contributed by atoms with Crippen LogP contribution in [0.15, 0.2) is 71.3 Å². The fourth-order valence-corrected chi connectivity index (χ4v) is 4.27. The van der Waals surface area contributed by atoms with Crippen LogP contribution in [-0.4, -0.2) is 41.8 Å². The fourth-order valence-electron chi connectivity index (χ4n) is 4.27. The van der Waals surface area contributed by atoms with Crippen LogP contribution in [0, 0.1) is 18.7 Å². The van der Waals surface area contributed by atoms with Crippen molar-refractivity contribution >= 4 is 17.7 Å². The van der Waals surface area contributed by atoms with Gasteiger partial charge in [-0.25, -0.2) is 4.39 Å². The summed E-state index contributed by atoms with van der Waals surface area (Å²) >= 11 is 0. The minimum atomic E-state index is -0.788. The van der Waals surface area contributed by atoms with E-state index < -0.39 is 11.9 Å². The van der Waals surface area contributed by atoms with Gasteiger partial charge in [-0.1, -0.05) is 29.8 Å². The van der Waals surface area contributed by atoms with Crippen LogP contribution < -0.4 is 10.6 Å². The second-order valence-corrected chi connectivity index (χ2v) is 8.72. The van der Waals surface area contributed by atoms with E-state index in [-0.39, 0.29) is 35.7 Å². The maximum absolute atomic E-state index is 14.1. The topological polar surface area (TPSA) is 91.7 Å². The monoisotopic (exact) mass is 477 g/mol. The van der Waals surface area contributed by atoms with E-state index in [2.05, 4.69) is 10.6 Å². The summed E-state index contributed by atoms with van der Waals surface area (Å²) in [6.45, 7) is 2.86. The highest BCUT2D eigenvalue weighted by Gasteiger charge is 2.34. The lowest BCUT2D eigenvalue weighted by Crippen LogP contribution is -2.53. The van der Waals surface area contributed by atoms with Crippen LogP contribution in [0.3, 0.4) is 0 Å². The van der Waals surface area contributed by atoms with Crippen molar-refractivity contribution in [3.63, 3.8) is 0 Å². The van der Waals surface area contributed by atoms with Gasteiger partial charge in [-0.2, -0.15) is 0 Å². The molecule has 0 saturated carbocycles. The van der Waals surface area contributed by atoms with Crippen LogP contribution in [-0.2, 0) is 11.3 Å². The van der Waals surface area contributed by atoms with Gasteiger partial charge in [0.15, 0.2) is 0 Å². The number of aryl methyl sites for hydroxylation is 1. The Morgan fingerprint density at radius 3 is 2.40 bits per heavy atom. The van der Waals surface area contributed by atoms with Crippen molar-refractivity contribution in [2.45, 2.75) is 32.4 Å². The molecule has 0 spiro atoms. The average molecular weight is 478 g/mol. The zero-order valence-corrected chi connectivity index (χ0v) is 19.5. The van der Waals surface area contributed by atoms with Crippen LogP contribution >= 0.6 is 0 Å². The van der Waals surface area contributed by atoms with Crippen molar-refractivity contribution in [3.8, 4) is 0 Å². The molecule has 2 aromatic carbocycles. The molecule has 2 N–H and O–H groups in total. The molecule has 1 aliphatic heterocycles. The third-order valence-corrected chi connectivity index (χ3v) is 6.30. The van der Waals surface area contributed by atoms with Crippen molar-refractivity contribution < 1.29 is 23.2 Å². The maximum Gasteiger partial charge on any atom is 0.256 e. The van der Waals surface area contributed by atoms with Crippen molar-refractivity contribution in [2.75, 3.05) is 13.1 Å². The zero-order chi connectivity index (χ0) is 24.8. The molecule has 7 nitrogen and oxygen atoms in total. The minimum absolute atomic E-state index is 0.0337. The average Bonchev–Trinajstić information content (AvgIpc) is 3.40. The highest BCUT2D eigenvalue weighted by Crippen LogP contribution is 2.24. The van der Waals surface area contributed by atoms with Crippen LogP contribution in [0.4, 0.5) is 4.39 Å². The molecule has 1 fully saturated rings. The number of amides is 3. The largest absolute Gasteiger partial charge is 0.467 e. The predicted molar refractivity (Wildman–Crippen MR) is 128 cm³/mol. The van der Waals surface area contributed by atoms with Crippen LogP contribution in [0.25, 0.3) is 0 Å². The standard InChI is InChI=1S/C27H28FN3O4/c1-18-8-10-20(11-9-18)25(32)30-24(26(33)29-17-21-5-4-16-35-21)19-12-14-31(15-13-19)27(34)22-6-2-3-7-23(22)28/h2-11,16,19,24H,12-15,17H2,1H3,(H,29,33)(H,30,32)/t24-/m1/s1. The lowest BCUT2D eigenvalue weighted by atomic mass is 9.88. The number of nitrogens with zero attached hydrogens (tertiary/aromatic N) is 1. The summed E-state index contributed by atoms with van der Waals surface area (Å²) in [7, 11) is 0. The molecular formula is C27H28FN3O4. The molecule has 8 heteroatoms. The second kappa shape index (κ2) is 11.0. The van der Waals surface area contributed by atoms with E-state index in [0.717, 1.165) is 5.56 Å². The molecule has 2 heterocycles. The van der Waals surface area contributed by atoms with Gasteiger partial charge in [-0.15, -0.1) is 0 Å². The summed E-state index contributed by atoms with van der Waals surface area (Å²) in [5.41, 5.74) is 1.53. The van der Waals surface area contributed by atoms with Gasteiger partial charge in [0.1, 0.15) is 17.6 Å². The first-order valence-electron chi connectivity index (χ1n) is 11.6. The molecule has 4 rings (SSSR count). The molecule has 1 aromatic heterocycles. The Bertz CT molecular complexity index is 1170. The van der Waals surface area contributed by atoms with Crippen molar-refractivity contribution in [3.05, 3.63) is 95.2 Å². The zero-order valence-electron chi connectivity index (χ0n) is 19.5. The Hall–Kier alpha value is -3.94. The van der Waals surface area contributed by atoms with Gasteiger partial charge < -0.3 is 20.0 Å². The number of hydrogen-bond donors (Lipinski definition) is 2. The molecule has 0 bridgehead atoms. The van der Waals surface area contributed by atoms with Gasteiger partial charge in [-0.3, -0.25) is 14.4 Å². The van der Waals surface area contributed by atoms with Crippen molar-refractivity contribution in [1.29, 1.82) is 0 Å². The summed E-state index contributed by atoms with van der Waals surface area (Å²) in [6, 6.07) is 15.7. The molecule has 182 valence electrons. The van der Waals surface area contributed by atoms with E-state index >= 15 is 0 Å². The van der Waals surface area contributed by atoms with Gasteiger partial charge in [0.25, 0.3) is 11.8 Å². The molecule has 0 radical (unpaired) electrons. The highest BCUT2D eigenvalue weighted by atomic mass is 19.1. The van der Waals surface area contributed by atoms with Crippen LogP contribution in [0.5, 0.6) is 0 Å². The number of benzene rings is 2. The summed E-state index contributed by atoms with van der Waals surface area (Å²) in [5.74, 6) is -1.17. The van der Waals surface area contributed by atoms with Gasteiger partial charge in [0.05, 0.1) is 18.4 Å². The van der Waals surface area contributed by atoms with E-state index in [1.54, 1.807) is 41.3 Å². The van der Waals surface area contributed by atoms with Crippen LogP contribution in [0.2, 0.25) is 0 Å². The maximum atomic E-state index is 14.1. The number of likely N-dealkylation sites (tertiary alicyclic amines) is 1. The van der Waals surface area contributed by atoms with Crippen molar-refractivity contribution in [2.24, 2.45) is 5.92 Å². The number of piperidine rings is 1. The molecule has 1 atom stereocenters. The van der Waals surface area contributed by atoms with Gasteiger partial charge in [0.2, 0.25) is 5.91 Å². The summed E-state index contributed by atoms with van der Waals surface area (Å²) in [6.07, 6.45) is 2.51. The first kappa shape index (κ1) is 24.2. The molecule has 1 aliphatic rings. The predicted octanol–water partition coefficient (Wildman–Crippen LogP) is 3.69. The van der Waals surface area contributed by atoms with Gasteiger partial charge >= 0.3 is 0 Å². The van der Waals surface area contributed by atoms with Crippen LogP contribution in [0.1, 0.15) is 44.9 Å². The lowest BCUT2D eigenvalue weighted by Gasteiger charge is -2.36. The minimum Gasteiger partial charge on any atom is -0.467 e. The summed E-state index contributed by atoms with van der Waals surface area (Å²) < 4.78 is 19.4. The Kier molecular flexibility index (Phi) is 7.60. The van der Waals surface area contributed by atoms with E-state index in [9.17, 15) is 18.8 Å². The molecular weight excluding hydrogens is 449 g/mol. The second-order valence-electron chi connectivity index (χ2n) is 8.72. The van der Waals surface area contributed by atoms with E-state index in [1.807, 2.05) is 19.1 Å². The summed E-state index contributed by atoms with van der Waals surface area (Å²) in [5, 5.41) is 5.73. The van der Waals surface area contributed by atoms with Gasteiger partial charge in [0, 0.05) is 18.7 Å². The molecule has 0 aliphatic carbocycles. The third kappa shape index (κ3) is 5.95. The number of furan rings is 1. The molecule has 3 amide bonds. The fraction of sp³-hybridized carbons (Fsp3) is 0.296. The number of hydrogen-bond acceptors (Lipinski definition) is 4. The molecule has 3 aromatic rings. The van der Waals surface area contributed by atoms with Crippen molar-refractivity contribution in [1.82, 2.24) is 15.5 Å². The molecule has 35 heavy (non-hydrogen) atoms. The lowest BCUT2D eigenvalue weighted by molar-refractivity contribution is -0.124. The Morgan fingerprint density at radius 1 is 1.03 bits per heavy atom.